The second-order valence-electron chi connectivity index (χ2n) is 7.47. The van der Waals surface area contributed by atoms with Crippen molar-refractivity contribution in [2.24, 2.45) is 5.73 Å². The summed E-state index contributed by atoms with van der Waals surface area (Å²) in [4.78, 5) is 18.3. The number of carbonyl (C=O) groups excluding carboxylic acids is 1. The van der Waals surface area contributed by atoms with E-state index >= 15 is 0 Å². The maximum absolute atomic E-state index is 11.7. The van der Waals surface area contributed by atoms with Gasteiger partial charge in [-0.15, -0.1) is 5.10 Å². The Hall–Kier alpha value is -2.94. The summed E-state index contributed by atoms with van der Waals surface area (Å²) in [5.41, 5.74) is 7.05. The highest BCUT2D eigenvalue weighted by molar-refractivity contribution is 6.30. The predicted octanol–water partition coefficient (Wildman–Crippen LogP) is 2.46. The minimum Gasteiger partial charge on any atom is -0.497 e. The van der Waals surface area contributed by atoms with Gasteiger partial charge in [0, 0.05) is 22.7 Å². The Labute approximate surface area is 178 Å². The second kappa shape index (κ2) is 6.80. The summed E-state index contributed by atoms with van der Waals surface area (Å²) >= 11 is 6.42. The zero-order valence-electron chi connectivity index (χ0n) is 16.5. The molecule has 9 heteroatoms. The number of methoxy groups -OCH3 is 1. The van der Waals surface area contributed by atoms with Crippen LogP contribution in [0, 0.1) is 0 Å². The van der Waals surface area contributed by atoms with Crippen molar-refractivity contribution in [2.45, 2.75) is 25.3 Å². The molecule has 8 nitrogen and oxygen atoms in total. The highest BCUT2D eigenvalue weighted by atomic mass is 35.5. The van der Waals surface area contributed by atoms with Crippen LogP contribution >= 0.6 is 11.6 Å². The zero-order chi connectivity index (χ0) is 21.0. The van der Waals surface area contributed by atoms with Gasteiger partial charge in [0.1, 0.15) is 11.6 Å². The Bertz CT molecular complexity index is 1150. The molecule has 30 heavy (non-hydrogen) atoms. The van der Waals surface area contributed by atoms with E-state index in [1.54, 1.807) is 17.9 Å². The van der Waals surface area contributed by atoms with Gasteiger partial charge in [-0.3, -0.25) is 9.69 Å². The minimum atomic E-state index is -0.888. The first-order valence-electron chi connectivity index (χ1n) is 9.56. The van der Waals surface area contributed by atoms with Crippen LogP contribution in [0.15, 0.2) is 42.5 Å². The number of fused-ring (bicyclic) bond motifs is 5. The lowest BCUT2D eigenvalue weighted by Gasteiger charge is -2.37. The monoisotopic (exact) mass is 425 g/mol. The topological polar surface area (TPSA) is 95.5 Å². The molecule has 1 aromatic heterocycles. The van der Waals surface area contributed by atoms with Crippen molar-refractivity contribution in [3.05, 3.63) is 70.3 Å². The zero-order valence-corrected chi connectivity index (χ0v) is 17.3. The molecule has 0 spiro atoms. The van der Waals surface area contributed by atoms with Gasteiger partial charge in [0.2, 0.25) is 5.82 Å². The van der Waals surface area contributed by atoms with Crippen LogP contribution in [0.25, 0.3) is 5.69 Å². The van der Waals surface area contributed by atoms with Crippen LogP contribution in [0.1, 0.15) is 34.5 Å². The Kier molecular flexibility index (Phi) is 4.32. The summed E-state index contributed by atoms with van der Waals surface area (Å²) in [5.74, 6) is 0.684. The van der Waals surface area contributed by atoms with Crippen LogP contribution in [-0.2, 0) is 17.0 Å². The number of primary amides is 1. The lowest BCUT2D eigenvalue weighted by atomic mass is 9.91. The molecule has 154 valence electrons. The lowest BCUT2D eigenvalue weighted by molar-refractivity contribution is -0.0758. The van der Waals surface area contributed by atoms with Crippen molar-refractivity contribution in [2.75, 3.05) is 13.7 Å². The average Bonchev–Trinajstić information content (AvgIpc) is 3.28. The molecule has 1 saturated heterocycles. The fourth-order valence-electron chi connectivity index (χ4n) is 4.35. The standard InChI is InChI=1S/C21H20ClN5O3/c1-12-10-26-11-18-24-20(19(23)28)25-27(18)17-8-5-14(22)9-16(17)21(26,30-12)13-3-6-15(29-2)7-4-13/h3-9,12H,10-11H2,1-2H3,(H2,23,28). The van der Waals surface area contributed by atoms with Crippen molar-refractivity contribution < 1.29 is 14.3 Å². The molecule has 2 atom stereocenters. The molecule has 0 saturated carbocycles. The number of amides is 1. The average molecular weight is 426 g/mol. The van der Waals surface area contributed by atoms with Crippen LogP contribution < -0.4 is 10.5 Å². The van der Waals surface area contributed by atoms with Gasteiger partial charge in [-0.2, -0.15) is 0 Å². The molecule has 5 rings (SSSR count). The first-order valence-corrected chi connectivity index (χ1v) is 9.93. The van der Waals surface area contributed by atoms with Gasteiger partial charge in [0.05, 0.1) is 25.4 Å². The lowest BCUT2D eigenvalue weighted by Crippen LogP contribution is -2.42. The molecular weight excluding hydrogens is 406 g/mol. The summed E-state index contributed by atoms with van der Waals surface area (Å²) in [6.07, 6.45) is -0.0379. The first-order chi connectivity index (χ1) is 14.4. The maximum Gasteiger partial charge on any atom is 0.288 e. The second-order valence-corrected chi connectivity index (χ2v) is 7.91. The van der Waals surface area contributed by atoms with Crippen LogP contribution in [0.2, 0.25) is 5.02 Å². The van der Waals surface area contributed by atoms with Crippen molar-refractivity contribution in [1.29, 1.82) is 0 Å². The molecule has 0 radical (unpaired) electrons. The van der Waals surface area contributed by atoms with E-state index < -0.39 is 11.6 Å². The van der Waals surface area contributed by atoms with Crippen molar-refractivity contribution >= 4 is 17.5 Å². The number of benzene rings is 2. The number of aromatic nitrogens is 3. The third-order valence-electron chi connectivity index (χ3n) is 5.55. The fraction of sp³-hybridized carbons (Fsp3) is 0.286. The summed E-state index contributed by atoms with van der Waals surface area (Å²) in [5, 5.41) is 4.94. The minimum absolute atomic E-state index is 0.0176. The van der Waals surface area contributed by atoms with Crippen molar-refractivity contribution in [3.8, 4) is 11.4 Å². The molecule has 3 aromatic rings. The number of hydrogen-bond donors (Lipinski definition) is 1. The van der Waals surface area contributed by atoms with Crippen LogP contribution in [0.4, 0.5) is 0 Å². The number of halogens is 1. The Morgan fingerprint density at radius 1 is 1.30 bits per heavy atom. The molecule has 2 unspecified atom stereocenters. The summed E-state index contributed by atoms with van der Waals surface area (Å²) in [6, 6.07) is 13.3. The number of hydrogen-bond acceptors (Lipinski definition) is 6. The summed E-state index contributed by atoms with van der Waals surface area (Å²) in [7, 11) is 1.63. The van der Waals surface area contributed by atoms with E-state index in [1.165, 1.54) is 0 Å². The van der Waals surface area contributed by atoms with Crippen LogP contribution in [0.5, 0.6) is 5.75 Å². The van der Waals surface area contributed by atoms with E-state index in [0.29, 0.717) is 23.9 Å². The van der Waals surface area contributed by atoms with E-state index in [1.807, 2.05) is 43.3 Å². The number of rotatable bonds is 3. The van der Waals surface area contributed by atoms with Crippen LogP contribution in [-0.4, -0.2) is 45.3 Å². The van der Waals surface area contributed by atoms with Gasteiger partial charge in [-0.05, 0) is 37.3 Å². The van der Waals surface area contributed by atoms with Crippen LogP contribution in [0.3, 0.4) is 0 Å². The number of ether oxygens (including phenoxy) is 2. The number of nitrogens with two attached hydrogens (primary N) is 1. The van der Waals surface area contributed by atoms with Gasteiger partial charge < -0.3 is 15.2 Å². The number of carbonyl (C=O) groups is 1. The maximum atomic E-state index is 11.7. The molecule has 1 fully saturated rings. The van der Waals surface area contributed by atoms with Gasteiger partial charge in [-0.25, -0.2) is 9.67 Å². The van der Waals surface area contributed by atoms with Gasteiger partial charge in [-0.1, -0.05) is 23.7 Å². The van der Waals surface area contributed by atoms with Gasteiger partial charge >= 0.3 is 0 Å². The van der Waals surface area contributed by atoms with Crippen molar-refractivity contribution in [3.63, 3.8) is 0 Å². The highest BCUT2D eigenvalue weighted by Gasteiger charge is 2.52. The van der Waals surface area contributed by atoms with E-state index in [-0.39, 0.29) is 11.9 Å². The molecule has 0 bridgehead atoms. The van der Waals surface area contributed by atoms with E-state index in [4.69, 9.17) is 26.8 Å². The molecule has 2 aromatic carbocycles. The molecule has 2 N–H and O–H groups in total. The molecule has 2 aliphatic heterocycles. The third-order valence-corrected chi connectivity index (χ3v) is 5.79. The Morgan fingerprint density at radius 3 is 2.77 bits per heavy atom. The molecule has 2 aliphatic rings. The highest BCUT2D eigenvalue weighted by Crippen LogP contribution is 2.48. The van der Waals surface area contributed by atoms with E-state index in [0.717, 1.165) is 22.6 Å². The van der Waals surface area contributed by atoms with E-state index in [2.05, 4.69) is 15.0 Å². The predicted molar refractivity (Wildman–Crippen MR) is 110 cm³/mol. The first kappa shape index (κ1) is 19.0. The molecule has 3 heterocycles. The quantitative estimate of drug-likeness (QED) is 0.692. The SMILES string of the molecule is COc1ccc(C23OC(C)CN2Cc2nc(C(N)=O)nn2-c2ccc(Cl)cc23)cc1. The van der Waals surface area contributed by atoms with Crippen molar-refractivity contribution in [1.82, 2.24) is 19.7 Å². The fourth-order valence-corrected chi connectivity index (χ4v) is 4.53. The smallest absolute Gasteiger partial charge is 0.288 e. The molecule has 1 amide bonds. The Balaban J connectivity index is 1.80. The number of nitrogens with zero attached hydrogens (tertiary/aromatic N) is 4. The van der Waals surface area contributed by atoms with Gasteiger partial charge in [0.25, 0.3) is 5.91 Å². The van der Waals surface area contributed by atoms with E-state index in [9.17, 15) is 4.79 Å². The van der Waals surface area contributed by atoms with Gasteiger partial charge in [0.15, 0.2) is 5.72 Å². The Morgan fingerprint density at radius 2 is 2.07 bits per heavy atom. The summed E-state index contributed by atoms with van der Waals surface area (Å²) < 4.78 is 13.6. The normalized spacial score (nSPS) is 22.7. The third kappa shape index (κ3) is 2.72. The summed E-state index contributed by atoms with van der Waals surface area (Å²) in [6.45, 7) is 3.11. The largest absolute Gasteiger partial charge is 0.497 e. The molecule has 0 aliphatic carbocycles. The molecular formula is C21H20ClN5O3.